The van der Waals surface area contributed by atoms with Gasteiger partial charge < -0.3 is 24.5 Å². The molecule has 1 heterocycles. The van der Waals surface area contributed by atoms with Crippen molar-refractivity contribution >= 4 is 11.6 Å². The van der Waals surface area contributed by atoms with Gasteiger partial charge in [0.2, 0.25) is 0 Å². The number of carbonyl (C=O) groups is 1. The van der Waals surface area contributed by atoms with Crippen molar-refractivity contribution < 1.29 is 23.8 Å². The summed E-state index contributed by atoms with van der Waals surface area (Å²) in [6, 6.07) is 35.9. The van der Waals surface area contributed by atoms with Crippen molar-refractivity contribution in [2.24, 2.45) is 0 Å². The molecule has 0 radical (unpaired) electrons. The molecule has 4 aromatic carbocycles. The topological polar surface area (TPSA) is 72.7 Å². The fourth-order valence-electron chi connectivity index (χ4n) is 6.38. The predicted molar refractivity (Wildman–Crippen MR) is 199 cm³/mol. The van der Waals surface area contributed by atoms with Gasteiger partial charge in [-0.1, -0.05) is 98.8 Å². The van der Waals surface area contributed by atoms with E-state index in [2.05, 4.69) is 30.3 Å². The van der Waals surface area contributed by atoms with Gasteiger partial charge in [0.1, 0.15) is 5.82 Å². The molecule has 1 aromatic heterocycles. The number of ether oxygens (including phenoxy) is 2. The fourth-order valence-corrected chi connectivity index (χ4v) is 6.38. The highest BCUT2D eigenvalue weighted by atomic mass is 19.1. The van der Waals surface area contributed by atoms with Crippen molar-refractivity contribution in [2.75, 3.05) is 11.9 Å². The SMILES string of the molecule is C=CCOC(O)C[C@@H](CCCCn1c(-c2ccc(F)cc2)c(-c2ccccc2)c(C(=O)Nc2ccccc2)c1C(C)C)OCc1ccccc1. The molecule has 0 aliphatic carbocycles. The number of aromatic nitrogens is 1. The highest BCUT2D eigenvalue weighted by Gasteiger charge is 2.30. The van der Waals surface area contributed by atoms with Crippen LogP contribution in [0.4, 0.5) is 10.1 Å². The average molecular weight is 675 g/mol. The Morgan fingerprint density at radius 2 is 1.50 bits per heavy atom. The molecule has 2 atom stereocenters. The zero-order valence-electron chi connectivity index (χ0n) is 28.9. The lowest BCUT2D eigenvalue weighted by molar-refractivity contribution is -0.122. The summed E-state index contributed by atoms with van der Waals surface area (Å²) < 4.78 is 28.3. The molecule has 5 rings (SSSR count). The lowest BCUT2D eigenvalue weighted by Crippen LogP contribution is -2.23. The second kappa shape index (κ2) is 18.3. The van der Waals surface area contributed by atoms with Crippen LogP contribution in [0.2, 0.25) is 0 Å². The Labute approximate surface area is 295 Å². The van der Waals surface area contributed by atoms with E-state index in [9.17, 15) is 14.3 Å². The molecule has 1 amide bonds. The number of aliphatic hydroxyl groups is 1. The maximum atomic E-state index is 14.3. The fraction of sp³-hybridized carbons (Fsp3) is 0.279. The third-order valence-corrected chi connectivity index (χ3v) is 8.65. The van der Waals surface area contributed by atoms with Crippen molar-refractivity contribution in [1.29, 1.82) is 0 Å². The van der Waals surface area contributed by atoms with Crippen LogP contribution in [0.5, 0.6) is 0 Å². The number of benzene rings is 4. The molecule has 0 aliphatic heterocycles. The van der Waals surface area contributed by atoms with Gasteiger partial charge in [0, 0.05) is 29.9 Å². The first-order valence-electron chi connectivity index (χ1n) is 17.4. The zero-order valence-corrected chi connectivity index (χ0v) is 28.9. The van der Waals surface area contributed by atoms with E-state index >= 15 is 0 Å². The molecule has 50 heavy (non-hydrogen) atoms. The van der Waals surface area contributed by atoms with E-state index in [1.807, 2.05) is 91.0 Å². The van der Waals surface area contributed by atoms with Crippen LogP contribution in [0, 0.1) is 5.82 Å². The van der Waals surface area contributed by atoms with Crippen molar-refractivity contribution in [3.63, 3.8) is 0 Å². The Bertz CT molecular complexity index is 1790. The van der Waals surface area contributed by atoms with Crippen LogP contribution in [0.1, 0.15) is 67.1 Å². The molecule has 0 spiro atoms. The largest absolute Gasteiger partial charge is 0.373 e. The minimum Gasteiger partial charge on any atom is -0.373 e. The molecule has 0 fully saturated rings. The standard InChI is InChI=1S/C43H47FN2O4/c1-4-28-49-38(47)29-37(50-30-32-16-8-5-9-17-32)22-14-15-27-46-41(31(2)3)40(43(48)45-36-20-12-7-13-21-36)39(33-18-10-6-11-19-33)42(46)34-23-25-35(44)26-24-34/h4-13,16-21,23-26,31,37-38,47H,1,14-15,22,27-30H2,2-3H3,(H,45,48)/t37-,38?/m1/s1. The summed E-state index contributed by atoms with van der Waals surface area (Å²) in [7, 11) is 0. The van der Waals surface area contributed by atoms with Crippen molar-refractivity contribution in [3.8, 4) is 22.4 Å². The van der Waals surface area contributed by atoms with Crippen LogP contribution in [-0.4, -0.2) is 34.6 Å². The number of hydrogen-bond donors (Lipinski definition) is 2. The molecular weight excluding hydrogens is 627 g/mol. The summed E-state index contributed by atoms with van der Waals surface area (Å²) in [4.78, 5) is 14.3. The summed E-state index contributed by atoms with van der Waals surface area (Å²) in [6.45, 7) is 9.20. The van der Waals surface area contributed by atoms with E-state index in [1.165, 1.54) is 12.1 Å². The lowest BCUT2D eigenvalue weighted by atomic mass is 9.94. The van der Waals surface area contributed by atoms with Crippen LogP contribution in [0.15, 0.2) is 128 Å². The highest BCUT2D eigenvalue weighted by molar-refractivity contribution is 6.12. The number of unbranched alkanes of at least 4 members (excludes halogenated alkanes) is 1. The van der Waals surface area contributed by atoms with E-state index in [-0.39, 0.29) is 30.4 Å². The smallest absolute Gasteiger partial charge is 0.258 e. The Kier molecular flexibility index (Phi) is 13.3. The first-order valence-corrected chi connectivity index (χ1v) is 17.4. The van der Waals surface area contributed by atoms with E-state index in [4.69, 9.17) is 9.47 Å². The van der Waals surface area contributed by atoms with Crippen LogP contribution in [0.25, 0.3) is 22.4 Å². The third-order valence-electron chi connectivity index (χ3n) is 8.65. The average Bonchev–Trinajstić information content (AvgIpc) is 3.48. The first-order chi connectivity index (χ1) is 24.4. The Morgan fingerprint density at radius 1 is 0.860 bits per heavy atom. The van der Waals surface area contributed by atoms with Gasteiger partial charge in [-0.15, -0.1) is 6.58 Å². The number of amides is 1. The number of aliphatic hydroxyl groups excluding tert-OH is 1. The number of rotatable bonds is 18. The number of hydrogen-bond acceptors (Lipinski definition) is 4. The normalized spacial score (nSPS) is 12.5. The van der Waals surface area contributed by atoms with Crippen LogP contribution < -0.4 is 5.32 Å². The molecule has 1 unspecified atom stereocenters. The number of para-hydroxylation sites is 1. The van der Waals surface area contributed by atoms with Gasteiger partial charge >= 0.3 is 0 Å². The van der Waals surface area contributed by atoms with E-state index in [1.54, 1.807) is 18.2 Å². The predicted octanol–water partition coefficient (Wildman–Crippen LogP) is 10.0. The second-order valence-electron chi connectivity index (χ2n) is 12.7. The molecule has 5 aromatic rings. The number of nitrogens with zero attached hydrogens (tertiary/aromatic N) is 1. The molecule has 6 nitrogen and oxygen atoms in total. The van der Waals surface area contributed by atoms with Gasteiger partial charge in [-0.2, -0.15) is 0 Å². The number of nitrogens with one attached hydrogen (secondary N) is 1. The minimum atomic E-state index is -0.963. The molecule has 2 N–H and O–H groups in total. The van der Waals surface area contributed by atoms with Crippen molar-refractivity contribution in [1.82, 2.24) is 4.57 Å². The van der Waals surface area contributed by atoms with Crippen LogP contribution in [0.3, 0.4) is 0 Å². The Balaban J connectivity index is 1.49. The summed E-state index contributed by atoms with van der Waals surface area (Å²) in [5.41, 5.74) is 6.74. The molecule has 260 valence electrons. The monoisotopic (exact) mass is 674 g/mol. The van der Waals surface area contributed by atoms with Gasteiger partial charge in [-0.05, 0) is 78.3 Å². The lowest BCUT2D eigenvalue weighted by Gasteiger charge is -2.22. The summed E-state index contributed by atoms with van der Waals surface area (Å²) in [5, 5.41) is 13.7. The van der Waals surface area contributed by atoms with Gasteiger partial charge in [0.15, 0.2) is 6.29 Å². The van der Waals surface area contributed by atoms with Crippen LogP contribution in [-0.2, 0) is 22.6 Å². The second-order valence-corrected chi connectivity index (χ2v) is 12.7. The highest BCUT2D eigenvalue weighted by Crippen LogP contribution is 2.42. The third kappa shape index (κ3) is 9.66. The molecule has 7 heteroatoms. The minimum absolute atomic E-state index is 0.00212. The van der Waals surface area contributed by atoms with Crippen molar-refractivity contribution in [3.05, 3.63) is 151 Å². The van der Waals surface area contributed by atoms with Crippen LogP contribution >= 0.6 is 0 Å². The van der Waals surface area contributed by atoms with Gasteiger partial charge in [-0.3, -0.25) is 4.79 Å². The summed E-state index contributed by atoms with van der Waals surface area (Å²) >= 11 is 0. The molecule has 0 aliphatic rings. The Hall–Kier alpha value is -4.82. The molecule has 0 saturated heterocycles. The zero-order chi connectivity index (χ0) is 35.3. The maximum Gasteiger partial charge on any atom is 0.258 e. The number of anilines is 1. The van der Waals surface area contributed by atoms with Crippen molar-refractivity contribution in [2.45, 2.75) is 71.0 Å². The van der Waals surface area contributed by atoms with E-state index < -0.39 is 6.29 Å². The molecule has 0 bridgehead atoms. The van der Waals surface area contributed by atoms with Gasteiger partial charge in [0.05, 0.1) is 30.6 Å². The quantitative estimate of drug-likeness (QED) is 0.0551. The number of carbonyl (C=O) groups excluding carboxylic acids is 1. The summed E-state index contributed by atoms with van der Waals surface area (Å²) in [6.07, 6.45) is 3.05. The van der Waals surface area contributed by atoms with E-state index in [0.29, 0.717) is 37.2 Å². The molecular formula is C43H47FN2O4. The summed E-state index contributed by atoms with van der Waals surface area (Å²) in [5.74, 6) is -0.508. The number of halogens is 1. The molecule has 0 saturated carbocycles. The maximum absolute atomic E-state index is 14.3. The van der Waals surface area contributed by atoms with Gasteiger partial charge in [-0.25, -0.2) is 4.39 Å². The first kappa shape index (κ1) is 36.5. The van der Waals surface area contributed by atoms with Gasteiger partial charge in [0.25, 0.3) is 5.91 Å². The van der Waals surface area contributed by atoms with E-state index in [0.717, 1.165) is 46.5 Å². The Morgan fingerprint density at radius 3 is 2.14 bits per heavy atom.